The number of thioether (sulfide) groups is 1. The molecule has 0 heterocycles. The SMILES string of the molecule is CCC(C)(C)Sc1ccc(Sc2ccc(Sc3ccc(C(=O)c4ccc(C(CC)(CC)C(C)(CC)Oc5ccc(-c6ccc(Oc7ccc(C(=O)c8ccc(C(C)(C)CC)c(S(=O)(=O)O)c8)cc7S(=O)(=O)O)cc6)cc5)c(S(=O)(=O)O)c4)cc3S(=O)(=O)O)cc2)cc1. The third kappa shape index (κ3) is 16.1. The molecule has 0 aliphatic rings. The van der Waals surface area contributed by atoms with Crippen LogP contribution in [0.3, 0.4) is 0 Å². The summed E-state index contributed by atoms with van der Waals surface area (Å²) in [7, 11) is -19.7. The first-order chi connectivity index (χ1) is 43.0. The van der Waals surface area contributed by atoms with Crippen molar-refractivity contribution in [2.45, 2.75) is 167 Å². The minimum Gasteiger partial charge on any atom is -0.487 e. The van der Waals surface area contributed by atoms with Gasteiger partial charge in [0.15, 0.2) is 11.6 Å². The molecule has 0 aliphatic heterocycles. The number of benzene rings is 8. The Balaban J connectivity index is 0.984. The summed E-state index contributed by atoms with van der Waals surface area (Å²) in [6.07, 6.45) is 2.49. The number of carbonyl (C=O) groups excluding carboxylic acids is 2. The van der Waals surface area contributed by atoms with E-state index in [-0.39, 0.29) is 54.5 Å². The maximum atomic E-state index is 14.3. The lowest BCUT2D eigenvalue weighted by Gasteiger charge is -2.48. The smallest absolute Gasteiger partial charge is 0.298 e. The quantitative estimate of drug-likeness (QED) is 0.0212. The van der Waals surface area contributed by atoms with Crippen LogP contribution in [0.15, 0.2) is 214 Å². The van der Waals surface area contributed by atoms with Gasteiger partial charge in [0.25, 0.3) is 40.5 Å². The van der Waals surface area contributed by atoms with Gasteiger partial charge in [-0.3, -0.25) is 27.8 Å². The number of hydrogen-bond acceptors (Lipinski definition) is 15. The molecule has 8 rings (SSSR count). The van der Waals surface area contributed by atoms with Gasteiger partial charge in [-0.25, -0.2) is 0 Å². The summed E-state index contributed by atoms with van der Waals surface area (Å²) in [4.78, 5) is 29.7. The van der Waals surface area contributed by atoms with Gasteiger partial charge in [-0.05, 0) is 188 Å². The Hall–Kier alpha value is -6.61. The van der Waals surface area contributed by atoms with Crippen molar-refractivity contribution < 1.29 is 70.9 Å². The van der Waals surface area contributed by atoms with Crippen LogP contribution in [-0.4, -0.2) is 73.8 Å². The second-order valence-corrected chi connectivity index (χ2v) is 33.1. The molecule has 0 spiro atoms. The average Bonchev–Trinajstić information content (AvgIpc) is 0.741. The molecule has 4 N–H and O–H groups in total. The molecule has 92 heavy (non-hydrogen) atoms. The number of rotatable bonds is 27. The molecule has 1 unspecified atom stereocenters. The molecule has 486 valence electrons. The predicted octanol–water partition coefficient (Wildman–Crippen LogP) is 17.2. The van der Waals surface area contributed by atoms with Crippen molar-refractivity contribution in [2.24, 2.45) is 0 Å². The van der Waals surface area contributed by atoms with E-state index in [1.54, 1.807) is 74.1 Å². The maximum Gasteiger partial charge on any atom is 0.298 e. The second kappa shape index (κ2) is 27.8. The van der Waals surface area contributed by atoms with Crippen molar-refractivity contribution in [1.82, 2.24) is 0 Å². The van der Waals surface area contributed by atoms with Gasteiger partial charge < -0.3 is 9.47 Å². The lowest BCUT2D eigenvalue weighted by atomic mass is 9.63. The molecule has 0 saturated carbocycles. The highest BCUT2D eigenvalue weighted by molar-refractivity contribution is 8.01. The fraction of sp³-hybridized carbons (Fsp3) is 0.275. The Morgan fingerprint density at radius 1 is 0.402 bits per heavy atom. The molecule has 0 radical (unpaired) electrons. The summed E-state index contributed by atoms with van der Waals surface area (Å²) in [5.74, 6) is -1.31. The van der Waals surface area contributed by atoms with Crippen LogP contribution in [0.25, 0.3) is 11.1 Å². The molecule has 8 aromatic rings. The highest BCUT2D eigenvalue weighted by Gasteiger charge is 2.50. The van der Waals surface area contributed by atoms with E-state index in [1.807, 2.05) is 70.6 Å². The van der Waals surface area contributed by atoms with Crippen LogP contribution in [0.5, 0.6) is 17.2 Å². The van der Waals surface area contributed by atoms with E-state index in [9.17, 15) is 61.5 Å². The highest BCUT2D eigenvalue weighted by Crippen LogP contribution is 2.49. The molecule has 0 aromatic heterocycles. The van der Waals surface area contributed by atoms with E-state index in [0.29, 0.717) is 41.9 Å². The average molecular weight is 1380 g/mol. The van der Waals surface area contributed by atoms with Gasteiger partial charge in [0.05, 0.1) is 9.79 Å². The second-order valence-electron chi connectivity index (χ2n) is 23.5. The first-order valence-electron chi connectivity index (χ1n) is 29.4. The molecule has 0 aliphatic carbocycles. The number of hydrogen-bond donors (Lipinski definition) is 4. The summed E-state index contributed by atoms with van der Waals surface area (Å²) >= 11 is 4.47. The van der Waals surface area contributed by atoms with Gasteiger partial charge >= 0.3 is 0 Å². The molecular formula is C69H72O16S7. The Kier molecular flexibility index (Phi) is 21.5. The van der Waals surface area contributed by atoms with Crippen LogP contribution >= 0.6 is 35.3 Å². The summed E-state index contributed by atoms with van der Waals surface area (Å²) < 4.78 is 158. The van der Waals surface area contributed by atoms with Crippen LogP contribution in [0, 0.1) is 0 Å². The molecule has 8 aromatic carbocycles. The molecule has 0 bridgehead atoms. The summed E-state index contributed by atoms with van der Waals surface area (Å²) in [6.45, 7) is 19.4. The van der Waals surface area contributed by atoms with Gasteiger partial charge in [0.2, 0.25) is 0 Å². The zero-order chi connectivity index (χ0) is 67.6. The Morgan fingerprint density at radius 2 is 0.793 bits per heavy atom. The predicted molar refractivity (Wildman–Crippen MR) is 360 cm³/mol. The van der Waals surface area contributed by atoms with Crippen LogP contribution in [0.1, 0.15) is 144 Å². The van der Waals surface area contributed by atoms with E-state index in [2.05, 4.69) is 45.0 Å². The highest BCUT2D eigenvalue weighted by atomic mass is 32.2. The van der Waals surface area contributed by atoms with Gasteiger partial charge in [0, 0.05) is 56.9 Å². The van der Waals surface area contributed by atoms with Crippen molar-refractivity contribution in [3.05, 3.63) is 203 Å². The van der Waals surface area contributed by atoms with Crippen molar-refractivity contribution in [1.29, 1.82) is 0 Å². The van der Waals surface area contributed by atoms with E-state index in [0.717, 1.165) is 57.8 Å². The molecule has 23 heteroatoms. The number of ether oxygens (including phenoxy) is 2. The minimum atomic E-state index is -5.04. The van der Waals surface area contributed by atoms with Crippen molar-refractivity contribution in [3.63, 3.8) is 0 Å². The van der Waals surface area contributed by atoms with Gasteiger partial charge in [-0.2, -0.15) is 33.7 Å². The molecule has 0 amide bonds. The zero-order valence-electron chi connectivity index (χ0n) is 52.2. The van der Waals surface area contributed by atoms with Crippen LogP contribution in [0.4, 0.5) is 0 Å². The van der Waals surface area contributed by atoms with E-state index < -0.39 is 88.1 Å². The topological polar surface area (TPSA) is 270 Å². The first-order valence-corrected chi connectivity index (χ1v) is 37.6. The third-order valence-corrected chi connectivity index (χ3v) is 24.1. The molecule has 0 saturated heterocycles. The van der Waals surface area contributed by atoms with Gasteiger partial charge in [-0.1, -0.05) is 134 Å². The minimum absolute atomic E-state index is 0.120. The van der Waals surface area contributed by atoms with E-state index >= 15 is 0 Å². The van der Waals surface area contributed by atoms with Gasteiger partial charge in [0.1, 0.15) is 32.6 Å². The van der Waals surface area contributed by atoms with E-state index in [4.69, 9.17) is 9.47 Å². The van der Waals surface area contributed by atoms with Crippen LogP contribution in [0.2, 0.25) is 0 Å². The largest absolute Gasteiger partial charge is 0.487 e. The van der Waals surface area contributed by atoms with Crippen LogP contribution in [-0.2, 0) is 51.3 Å². The Bertz CT molecular complexity index is 4550. The molecule has 1 atom stereocenters. The fourth-order valence-corrected chi connectivity index (χ4v) is 17.0. The molecule has 0 fully saturated rings. The third-order valence-electron chi connectivity index (χ3n) is 17.0. The monoisotopic (exact) mass is 1380 g/mol. The van der Waals surface area contributed by atoms with Crippen LogP contribution < -0.4 is 9.47 Å². The van der Waals surface area contributed by atoms with Crippen molar-refractivity contribution in [3.8, 4) is 28.4 Å². The summed E-state index contributed by atoms with van der Waals surface area (Å²) in [5, 5.41) is 0. The van der Waals surface area contributed by atoms with Gasteiger partial charge in [-0.15, -0.1) is 11.8 Å². The zero-order valence-corrected chi connectivity index (χ0v) is 58.0. The summed E-state index contributed by atoms with van der Waals surface area (Å²) in [5.41, 5.74) is -1.79. The normalized spacial score (nSPS) is 13.3. The number of ketones is 2. The standard InChI is InChI=1S/C69H72O16S7/c1-11-66(6,7)56-36-20-46(40-60(56)89(72,73)74)64(70)48-22-38-58(62(42-48)91(78,79)80)84-50-24-16-44(17-25-50)45-18-26-51(27-19-45)85-68(10,13-3)69(14-4,15-5)57-37-21-47(41-61(57)90(75,76)77)65(71)49-23-39-59(63(43-49)92(81,82)83)87-54-30-28-52(29-31-54)86-53-32-34-55(35-33-53)88-67(8,9)12-2/h16-43H,11-15H2,1-10H3,(H,72,73,74)(H,75,76,77)(H,78,79,80)(H,81,82,83). The lowest BCUT2D eigenvalue weighted by Crippen LogP contribution is -2.53. The molecule has 16 nitrogen and oxygen atoms in total. The first kappa shape index (κ1) is 71.2. The summed E-state index contributed by atoms with van der Waals surface area (Å²) in [6, 6.07) is 44.3. The molecular weight excluding hydrogens is 1310 g/mol. The van der Waals surface area contributed by atoms with Crippen molar-refractivity contribution in [2.75, 3.05) is 0 Å². The number of carbonyl (C=O) groups is 2. The Labute approximate surface area is 552 Å². The maximum absolute atomic E-state index is 14.3. The Morgan fingerprint density at radius 3 is 1.23 bits per heavy atom. The fourth-order valence-electron chi connectivity index (χ4n) is 10.9. The lowest BCUT2D eigenvalue weighted by molar-refractivity contribution is -0.00963. The van der Waals surface area contributed by atoms with Crippen molar-refractivity contribution >= 4 is 87.3 Å². The van der Waals surface area contributed by atoms with E-state index in [1.165, 1.54) is 53.4 Å².